The van der Waals surface area contributed by atoms with Crippen LogP contribution in [0.3, 0.4) is 0 Å². The highest BCUT2D eigenvalue weighted by Crippen LogP contribution is 2.32. The lowest BCUT2D eigenvalue weighted by Gasteiger charge is -1.49. The maximum absolute atomic E-state index is 7.83. The third-order valence-electron chi connectivity index (χ3n) is 1.59. The van der Waals surface area contributed by atoms with Crippen molar-refractivity contribution < 1.29 is 4.74 Å². The van der Waals surface area contributed by atoms with Crippen molar-refractivity contribution in [3.05, 3.63) is 24.3 Å². The van der Waals surface area contributed by atoms with Crippen LogP contribution in [0.15, 0.2) is 24.3 Å². The Balaban J connectivity index is 0.0000000893. The molecule has 3 rings (SSSR count). The van der Waals surface area contributed by atoms with Gasteiger partial charge in [-0.2, -0.15) is 5.26 Å². The average molecular weight is 145 g/mol. The Hall–Kier alpha value is -1.33. The topological polar surface area (TPSA) is 36.3 Å². The van der Waals surface area contributed by atoms with Crippen molar-refractivity contribution in [1.82, 2.24) is 0 Å². The molecular formula is C9H7NO. The van der Waals surface area contributed by atoms with E-state index >= 15 is 0 Å². The standard InChI is InChI=1S/C6H4.C3H3NO/c1-2-5-4-6(5)3-1;4-1-3-2-5-3/h1-4H;3H,2H2. The van der Waals surface area contributed by atoms with Gasteiger partial charge in [0.2, 0.25) is 0 Å². The van der Waals surface area contributed by atoms with Crippen LogP contribution in [-0.4, -0.2) is 12.7 Å². The van der Waals surface area contributed by atoms with E-state index in [-0.39, 0.29) is 6.10 Å². The third kappa shape index (κ3) is 1.57. The summed E-state index contributed by atoms with van der Waals surface area (Å²) in [5, 5.41) is 7.83. The number of nitrogens with zero attached hydrogens (tertiary/aromatic N) is 1. The summed E-state index contributed by atoms with van der Waals surface area (Å²) < 4.78 is 4.50. The Bertz CT molecular complexity index is 292. The molecule has 0 amide bonds. The quantitative estimate of drug-likeness (QED) is 0.527. The summed E-state index contributed by atoms with van der Waals surface area (Å²) in [5.41, 5.74) is 2.85. The van der Waals surface area contributed by atoms with Gasteiger partial charge < -0.3 is 4.74 Å². The van der Waals surface area contributed by atoms with Gasteiger partial charge in [-0.3, -0.25) is 0 Å². The minimum Gasteiger partial charge on any atom is -0.357 e. The molecular weight excluding hydrogens is 138 g/mol. The molecule has 1 saturated heterocycles. The number of nitriles is 1. The number of rotatable bonds is 0. The Morgan fingerprint density at radius 3 is 2.18 bits per heavy atom. The summed E-state index contributed by atoms with van der Waals surface area (Å²) in [6.07, 6.45) is -0.0602. The molecule has 11 heavy (non-hydrogen) atoms. The van der Waals surface area contributed by atoms with E-state index in [0.717, 1.165) is 0 Å². The predicted octanol–water partition coefficient (Wildman–Crippen LogP) is 1.58. The fourth-order valence-electron chi connectivity index (χ4n) is 0.798. The third-order valence-corrected chi connectivity index (χ3v) is 1.59. The SMILES string of the molecule is N#CC1CO1.c1cc2cc-2c1. The van der Waals surface area contributed by atoms with E-state index in [4.69, 9.17) is 5.26 Å². The molecule has 2 heteroatoms. The van der Waals surface area contributed by atoms with Gasteiger partial charge in [0.15, 0.2) is 6.10 Å². The predicted molar refractivity (Wildman–Crippen MR) is 40.8 cm³/mol. The monoisotopic (exact) mass is 145 g/mol. The van der Waals surface area contributed by atoms with Crippen LogP contribution in [0.2, 0.25) is 0 Å². The summed E-state index contributed by atoms with van der Waals surface area (Å²) >= 11 is 0. The van der Waals surface area contributed by atoms with Gasteiger partial charge in [-0.05, 0) is 17.2 Å². The molecule has 2 aliphatic carbocycles. The molecule has 2 nitrogen and oxygen atoms in total. The first-order chi connectivity index (χ1) is 5.40. The van der Waals surface area contributed by atoms with E-state index in [9.17, 15) is 0 Å². The molecule has 0 aromatic rings. The molecule has 0 bridgehead atoms. The molecule has 0 aromatic heterocycles. The van der Waals surface area contributed by atoms with Crippen LogP contribution in [0.1, 0.15) is 0 Å². The van der Waals surface area contributed by atoms with Gasteiger partial charge in [0.05, 0.1) is 12.7 Å². The molecule has 0 spiro atoms. The first-order valence-corrected chi connectivity index (χ1v) is 3.52. The van der Waals surface area contributed by atoms with Crippen molar-refractivity contribution >= 4 is 0 Å². The molecule has 54 valence electrons. The summed E-state index contributed by atoms with van der Waals surface area (Å²) in [7, 11) is 0. The van der Waals surface area contributed by atoms with Crippen molar-refractivity contribution in [2.45, 2.75) is 6.10 Å². The number of benzene rings is 1. The van der Waals surface area contributed by atoms with E-state index in [0.29, 0.717) is 6.61 Å². The first kappa shape index (κ1) is 6.38. The summed E-state index contributed by atoms with van der Waals surface area (Å²) in [6, 6.07) is 10.4. The minimum atomic E-state index is -0.0602. The van der Waals surface area contributed by atoms with E-state index in [1.807, 2.05) is 6.07 Å². The zero-order valence-electron chi connectivity index (χ0n) is 5.95. The molecule has 3 aliphatic rings. The number of hydrogen-bond acceptors (Lipinski definition) is 2. The van der Waals surface area contributed by atoms with Crippen LogP contribution in [-0.2, 0) is 4.74 Å². The van der Waals surface area contributed by atoms with E-state index < -0.39 is 0 Å². The van der Waals surface area contributed by atoms with E-state index in [1.165, 1.54) is 11.1 Å². The largest absolute Gasteiger partial charge is 0.357 e. The lowest BCUT2D eigenvalue weighted by Crippen LogP contribution is -1.67. The molecule has 1 fully saturated rings. The maximum atomic E-state index is 7.83. The molecule has 1 heterocycles. The number of ether oxygens (including phenoxy) is 1. The van der Waals surface area contributed by atoms with Crippen LogP contribution in [0, 0.1) is 11.3 Å². The van der Waals surface area contributed by atoms with Crippen LogP contribution < -0.4 is 0 Å². The molecule has 0 N–H and O–H groups in total. The Labute approximate surface area is 65.0 Å². The van der Waals surface area contributed by atoms with Crippen molar-refractivity contribution in [2.24, 2.45) is 0 Å². The number of epoxide rings is 1. The zero-order chi connectivity index (χ0) is 7.68. The molecule has 1 aliphatic heterocycles. The summed E-state index contributed by atoms with van der Waals surface area (Å²) in [5.74, 6) is 0. The van der Waals surface area contributed by atoms with Crippen LogP contribution in [0.25, 0.3) is 11.1 Å². The normalized spacial score (nSPS) is 20.8. The maximum Gasteiger partial charge on any atom is 0.167 e. The van der Waals surface area contributed by atoms with Crippen molar-refractivity contribution in [3.63, 3.8) is 0 Å². The Kier molecular flexibility index (Phi) is 1.38. The molecule has 1 unspecified atom stereocenters. The highest BCUT2D eigenvalue weighted by atomic mass is 16.6. The first-order valence-electron chi connectivity index (χ1n) is 3.52. The van der Waals surface area contributed by atoms with E-state index in [2.05, 4.69) is 29.0 Å². The van der Waals surface area contributed by atoms with Gasteiger partial charge in [-0.15, -0.1) is 0 Å². The fourth-order valence-corrected chi connectivity index (χ4v) is 0.798. The van der Waals surface area contributed by atoms with Crippen LogP contribution in [0.4, 0.5) is 0 Å². The van der Waals surface area contributed by atoms with E-state index in [1.54, 1.807) is 0 Å². The van der Waals surface area contributed by atoms with Gasteiger partial charge in [-0.1, -0.05) is 18.2 Å². The molecule has 0 radical (unpaired) electrons. The second-order valence-electron chi connectivity index (χ2n) is 2.53. The molecule has 1 atom stereocenters. The minimum absolute atomic E-state index is 0.0602. The lowest BCUT2D eigenvalue weighted by atomic mass is 10.6. The molecule has 0 saturated carbocycles. The second kappa shape index (κ2) is 2.37. The van der Waals surface area contributed by atoms with Gasteiger partial charge in [0, 0.05) is 0 Å². The Morgan fingerprint density at radius 2 is 2.09 bits per heavy atom. The molecule has 0 aromatic carbocycles. The van der Waals surface area contributed by atoms with Crippen LogP contribution in [0.5, 0.6) is 0 Å². The van der Waals surface area contributed by atoms with Gasteiger partial charge in [0.1, 0.15) is 0 Å². The zero-order valence-corrected chi connectivity index (χ0v) is 5.95. The van der Waals surface area contributed by atoms with Crippen LogP contribution >= 0.6 is 0 Å². The summed E-state index contributed by atoms with van der Waals surface area (Å²) in [4.78, 5) is 0. The number of fused-ring (bicyclic) bond motifs is 1. The summed E-state index contributed by atoms with van der Waals surface area (Å²) in [6.45, 7) is 0.649. The lowest BCUT2D eigenvalue weighted by molar-refractivity contribution is 0.443. The highest BCUT2D eigenvalue weighted by molar-refractivity contribution is 5.80. The smallest absolute Gasteiger partial charge is 0.167 e. The van der Waals surface area contributed by atoms with Gasteiger partial charge >= 0.3 is 0 Å². The van der Waals surface area contributed by atoms with Gasteiger partial charge in [0.25, 0.3) is 0 Å². The fraction of sp³-hybridized carbons (Fsp3) is 0.222. The van der Waals surface area contributed by atoms with Crippen molar-refractivity contribution in [2.75, 3.05) is 6.61 Å². The van der Waals surface area contributed by atoms with Gasteiger partial charge in [-0.25, -0.2) is 0 Å². The van der Waals surface area contributed by atoms with Crippen molar-refractivity contribution in [1.29, 1.82) is 5.26 Å². The second-order valence-corrected chi connectivity index (χ2v) is 2.53. The average Bonchev–Trinajstić information content (AvgIpc) is 2.95. The Morgan fingerprint density at radius 1 is 1.45 bits per heavy atom. The number of hydrogen-bond donors (Lipinski definition) is 0. The highest BCUT2D eigenvalue weighted by Gasteiger charge is 2.20. The van der Waals surface area contributed by atoms with Crippen molar-refractivity contribution in [3.8, 4) is 17.2 Å².